The Kier molecular flexibility index (Phi) is 15.4. The molecular formula is C28H40Cl2N2O4. The van der Waals surface area contributed by atoms with E-state index in [4.69, 9.17) is 32.7 Å². The minimum atomic E-state index is -0.135. The molecule has 0 fully saturated rings. The molecule has 8 heteroatoms. The molecule has 0 N–H and O–H groups in total. The summed E-state index contributed by atoms with van der Waals surface area (Å²) in [7, 11) is 0. The largest absolute Gasteiger partial charge is 0.361 e. The number of rotatable bonds is 12. The minimum Gasteiger partial charge on any atom is -0.361 e. The lowest BCUT2D eigenvalue weighted by atomic mass is 10.0. The van der Waals surface area contributed by atoms with Crippen LogP contribution in [0.1, 0.15) is 49.9 Å². The van der Waals surface area contributed by atoms with Gasteiger partial charge in [-0.3, -0.25) is 19.4 Å². The molecule has 6 nitrogen and oxygen atoms in total. The van der Waals surface area contributed by atoms with Gasteiger partial charge < -0.3 is 9.47 Å². The lowest BCUT2D eigenvalue weighted by Crippen LogP contribution is -2.35. The molecule has 0 atom stereocenters. The summed E-state index contributed by atoms with van der Waals surface area (Å²) < 4.78 is 10.7. The summed E-state index contributed by atoms with van der Waals surface area (Å²) in [5, 5.41) is 0. The number of hydrogen-bond acceptors (Lipinski definition) is 4. The third-order valence-electron chi connectivity index (χ3n) is 5.56. The van der Waals surface area contributed by atoms with Gasteiger partial charge in [-0.1, -0.05) is 49.7 Å². The second-order valence-corrected chi connectivity index (χ2v) is 8.61. The summed E-state index contributed by atoms with van der Waals surface area (Å²) in [6.45, 7) is 13.6. The van der Waals surface area contributed by atoms with Gasteiger partial charge in [-0.25, -0.2) is 0 Å². The zero-order valence-corrected chi connectivity index (χ0v) is 23.9. The predicted molar refractivity (Wildman–Crippen MR) is 151 cm³/mol. The van der Waals surface area contributed by atoms with Gasteiger partial charge >= 0.3 is 0 Å². The molecule has 2 amide bonds. The smallest absolute Gasteiger partial charge is 0.243 e. The standard InChI is InChI=1S/2C14H20ClNO2/c1-4-12-8-11(3)6-7-13(12)16(10-18-5-2)14(17)9-15;1-4-12-8-6-7-11(3)14(12)16(10-18-5-2)13(17)9-15/h2*6-8H,4-5,9-10H2,1-3H3. The van der Waals surface area contributed by atoms with Crippen molar-refractivity contribution in [2.45, 2.75) is 54.4 Å². The number of hydrogen-bond donors (Lipinski definition) is 0. The second-order valence-electron chi connectivity index (χ2n) is 8.08. The fraction of sp³-hybridized carbons (Fsp3) is 0.500. The molecule has 0 saturated carbocycles. The Labute approximate surface area is 226 Å². The minimum absolute atomic E-state index is 0.0371. The molecule has 0 aliphatic carbocycles. The van der Waals surface area contributed by atoms with Crippen molar-refractivity contribution in [1.29, 1.82) is 0 Å². The van der Waals surface area contributed by atoms with Crippen LogP contribution in [0.25, 0.3) is 0 Å². The number of benzene rings is 2. The van der Waals surface area contributed by atoms with Crippen LogP contribution in [0.15, 0.2) is 36.4 Å². The van der Waals surface area contributed by atoms with E-state index in [9.17, 15) is 9.59 Å². The van der Waals surface area contributed by atoms with Crippen LogP contribution < -0.4 is 9.80 Å². The predicted octanol–water partition coefficient (Wildman–Crippen LogP) is 6.25. The first-order chi connectivity index (χ1) is 17.3. The fourth-order valence-electron chi connectivity index (χ4n) is 3.70. The lowest BCUT2D eigenvalue weighted by Gasteiger charge is -2.25. The van der Waals surface area contributed by atoms with E-state index in [-0.39, 0.29) is 37.0 Å². The molecule has 200 valence electrons. The molecule has 36 heavy (non-hydrogen) atoms. The molecule has 0 heterocycles. The number of ether oxygens (including phenoxy) is 2. The first-order valence-corrected chi connectivity index (χ1v) is 13.4. The van der Waals surface area contributed by atoms with Crippen molar-refractivity contribution in [3.05, 3.63) is 58.7 Å². The molecule has 0 aromatic heterocycles. The van der Waals surface area contributed by atoms with E-state index in [1.807, 2.05) is 58.0 Å². The number of nitrogens with zero attached hydrogens (tertiary/aromatic N) is 2. The maximum Gasteiger partial charge on any atom is 0.243 e. The monoisotopic (exact) mass is 538 g/mol. The third-order valence-corrected chi connectivity index (χ3v) is 6.02. The number of para-hydroxylation sites is 1. The van der Waals surface area contributed by atoms with Crippen molar-refractivity contribution < 1.29 is 19.1 Å². The Morgan fingerprint density at radius 3 is 1.86 bits per heavy atom. The molecule has 0 bridgehead atoms. The van der Waals surface area contributed by atoms with Gasteiger partial charge in [0.05, 0.1) is 5.69 Å². The maximum absolute atomic E-state index is 12.0. The molecule has 2 aromatic carbocycles. The number of anilines is 2. The number of alkyl halides is 2. The average Bonchev–Trinajstić information content (AvgIpc) is 2.90. The van der Waals surface area contributed by atoms with Gasteiger partial charge in [-0.05, 0) is 63.3 Å². The number of carbonyl (C=O) groups excluding carboxylic acids is 2. The molecule has 0 aliphatic rings. The zero-order chi connectivity index (χ0) is 27.1. The van der Waals surface area contributed by atoms with Gasteiger partial charge in [-0.2, -0.15) is 0 Å². The number of amides is 2. The van der Waals surface area contributed by atoms with E-state index in [2.05, 4.69) is 19.9 Å². The Balaban J connectivity index is 0.000000360. The van der Waals surface area contributed by atoms with Crippen LogP contribution in [-0.2, 0) is 31.9 Å². The fourth-order valence-corrected chi connectivity index (χ4v) is 3.99. The molecule has 0 saturated heterocycles. The maximum atomic E-state index is 12.0. The Morgan fingerprint density at radius 2 is 1.33 bits per heavy atom. The Morgan fingerprint density at radius 1 is 0.778 bits per heavy atom. The van der Waals surface area contributed by atoms with Crippen molar-refractivity contribution in [2.24, 2.45) is 0 Å². The zero-order valence-electron chi connectivity index (χ0n) is 22.4. The molecule has 0 aliphatic heterocycles. The molecule has 0 spiro atoms. The van der Waals surface area contributed by atoms with Crippen molar-refractivity contribution in [3.63, 3.8) is 0 Å². The summed E-state index contributed by atoms with van der Waals surface area (Å²) in [4.78, 5) is 27.1. The van der Waals surface area contributed by atoms with E-state index in [1.54, 1.807) is 9.80 Å². The summed E-state index contributed by atoms with van der Waals surface area (Å²) in [5.74, 6) is -0.341. The van der Waals surface area contributed by atoms with E-state index < -0.39 is 0 Å². The number of carbonyl (C=O) groups is 2. The van der Waals surface area contributed by atoms with Crippen LogP contribution in [0, 0.1) is 13.8 Å². The summed E-state index contributed by atoms with van der Waals surface area (Å²) in [6.07, 6.45) is 1.74. The van der Waals surface area contributed by atoms with E-state index >= 15 is 0 Å². The highest BCUT2D eigenvalue weighted by Crippen LogP contribution is 2.26. The molecular weight excluding hydrogens is 499 g/mol. The van der Waals surface area contributed by atoms with Crippen molar-refractivity contribution in [3.8, 4) is 0 Å². The quantitative estimate of drug-likeness (QED) is 0.237. The second kappa shape index (κ2) is 17.4. The summed E-state index contributed by atoms with van der Waals surface area (Å²) in [6, 6.07) is 12.1. The van der Waals surface area contributed by atoms with Gasteiger partial charge in [0.2, 0.25) is 11.8 Å². The van der Waals surface area contributed by atoms with Crippen molar-refractivity contribution in [1.82, 2.24) is 0 Å². The SMILES string of the molecule is CCOCN(C(=O)CCl)c1c(C)cccc1CC.CCOCN(C(=O)CCl)c1ccc(C)cc1CC. The van der Waals surface area contributed by atoms with E-state index in [0.29, 0.717) is 13.2 Å². The Hall–Kier alpha value is -2.12. The van der Waals surface area contributed by atoms with E-state index in [1.165, 1.54) is 5.56 Å². The van der Waals surface area contributed by atoms with Crippen LogP contribution in [-0.4, -0.2) is 50.2 Å². The van der Waals surface area contributed by atoms with Gasteiger partial charge in [0.1, 0.15) is 25.2 Å². The molecule has 0 unspecified atom stereocenters. The normalized spacial score (nSPS) is 10.4. The van der Waals surface area contributed by atoms with E-state index in [0.717, 1.165) is 40.9 Å². The summed E-state index contributed by atoms with van der Waals surface area (Å²) in [5.41, 5.74) is 6.33. The number of halogens is 2. The highest BCUT2D eigenvalue weighted by Gasteiger charge is 2.19. The van der Waals surface area contributed by atoms with Crippen LogP contribution in [0.2, 0.25) is 0 Å². The Bertz CT molecular complexity index is 967. The molecule has 0 radical (unpaired) electrons. The van der Waals surface area contributed by atoms with Gasteiger partial charge in [0.15, 0.2) is 0 Å². The van der Waals surface area contributed by atoms with Crippen molar-refractivity contribution in [2.75, 3.05) is 48.2 Å². The third kappa shape index (κ3) is 9.40. The van der Waals surface area contributed by atoms with Crippen LogP contribution in [0.5, 0.6) is 0 Å². The van der Waals surface area contributed by atoms with Gasteiger partial charge in [-0.15, -0.1) is 23.2 Å². The van der Waals surface area contributed by atoms with Gasteiger partial charge in [0.25, 0.3) is 0 Å². The first-order valence-electron chi connectivity index (χ1n) is 12.3. The van der Waals surface area contributed by atoms with Crippen LogP contribution in [0.3, 0.4) is 0 Å². The van der Waals surface area contributed by atoms with Crippen molar-refractivity contribution >= 4 is 46.4 Å². The number of aryl methyl sites for hydroxylation is 4. The highest BCUT2D eigenvalue weighted by molar-refractivity contribution is 6.29. The van der Waals surface area contributed by atoms with Gasteiger partial charge in [0, 0.05) is 18.9 Å². The topological polar surface area (TPSA) is 59.1 Å². The summed E-state index contributed by atoms with van der Waals surface area (Å²) >= 11 is 11.3. The van der Waals surface area contributed by atoms with Crippen LogP contribution >= 0.6 is 23.2 Å². The van der Waals surface area contributed by atoms with Crippen LogP contribution in [0.4, 0.5) is 11.4 Å². The molecule has 2 rings (SSSR count). The first kappa shape index (κ1) is 31.9. The lowest BCUT2D eigenvalue weighted by molar-refractivity contribution is -0.118. The highest BCUT2D eigenvalue weighted by atomic mass is 35.5. The molecule has 2 aromatic rings. The average molecular weight is 540 g/mol.